The summed E-state index contributed by atoms with van der Waals surface area (Å²) in [6.07, 6.45) is 6.16. The molecule has 6 rings (SSSR count). The minimum atomic E-state index is -0.678. The molecule has 0 spiro atoms. The standard InChI is InChI=1S/C32H34FN7O3S2/c1-22-7-11-34-25(19-22)38-30-36-20-26(45-30)44-24-8-12-35-28(27(24)33)29(41)37-21-32(23-5-3-2-4-6-23)9-13-39(14-10-32)31(42)40-15-17-43-18-16-40/h2-8,11-12,19-20H,9-10,13-18,21H2,1H3,(H,37,41)(H,34,36,38). The lowest BCUT2D eigenvalue weighted by Gasteiger charge is -2.44. The average Bonchev–Trinajstić information content (AvgIpc) is 3.51. The summed E-state index contributed by atoms with van der Waals surface area (Å²) in [4.78, 5) is 43.3. The predicted molar refractivity (Wildman–Crippen MR) is 172 cm³/mol. The van der Waals surface area contributed by atoms with Gasteiger partial charge < -0.3 is 25.2 Å². The number of aromatic nitrogens is 3. The van der Waals surface area contributed by atoms with Crippen molar-refractivity contribution in [2.24, 2.45) is 0 Å². The van der Waals surface area contributed by atoms with Crippen LogP contribution >= 0.6 is 23.1 Å². The number of ether oxygens (including phenoxy) is 1. The molecule has 2 N–H and O–H groups in total. The molecule has 0 aliphatic carbocycles. The van der Waals surface area contributed by atoms with E-state index >= 15 is 4.39 Å². The van der Waals surface area contributed by atoms with E-state index in [9.17, 15) is 9.59 Å². The number of hydrogen-bond acceptors (Lipinski definition) is 9. The molecule has 10 nitrogen and oxygen atoms in total. The van der Waals surface area contributed by atoms with Crippen LogP contribution in [0.1, 0.15) is 34.5 Å². The smallest absolute Gasteiger partial charge is 0.320 e. The second-order valence-corrected chi connectivity index (χ2v) is 13.5. The molecule has 0 saturated carbocycles. The number of amides is 3. The Labute approximate surface area is 269 Å². The number of morpholine rings is 1. The van der Waals surface area contributed by atoms with Crippen molar-refractivity contribution in [3.05, 3.63) is 89.8 Å². The number of aryl methyl sites for hydroxylation is 1. The Morgan fingerprint density at radius 2 is 1.73 bits per heavy atom. The van der Waals surface area contributed by atoms with E-state index in [1.54, 1.807) is 18.5 Å². The summed E-state index contributed by atoms with van der Waals surface area (Å²) >= 11 is 2.55. The number of nitrogens with zero attached hydrogens (tertiary/aromatic N) is 5. The lowest BCUT2D eigenvalue weighted by atomic mass is 9.72. The van der Waals surface area contributed by atoms with Gasteiger partial charge in [-0.1, -0.05) is 53.4 Å². The van der Waals surface area contributed by atoms with Gasteiger partial charge in [0, 0.05) is 50.5 Å². The number of likely N-dealkylation sites (tertiary alicyclic amines) is 1. The molecule has 2 fully saturated rings. The summed E-state index contributed by atoms with van der Waals surface area (Å²) < 4.78 is 21.8. The van der Waals surface area contributed by atoms with Crippen molar-refractivity contribution in [2.75, 3.05) is 51.3 Å². The third-order valence-electron chi connectivity index (χ3n) is 8.16. The maximum Gasteiger partial charge on any atom is 0.320 e. The summed E-state index contributed by atoms with van der Waals surface area (Å²) in [5.74, 6) is -0.574. The van der Waals surface area contributed by atoms with Crippen molar-refractivity contribution in [1.82, 2.24) is 30.1 Å². The van der Waals surface area contributed by atoms with Gasteiger partial charge in [0.05, 0.1) is 28.5 Å². The van der Waals surface area contributed by atoms with Crippen molar-refractivity contribution in [3.8, 4) is 0 Å². The first kappa shape index (κ1) is 30.9. The molecular weight excluding hydrogens is 614 g/mol. The number of pyridine rings is 2. The van der Waals surface area contributed by atoms with Crippen LogP contribution in [0.3, 0.4) is 0 Å². The molecule has 2 saturated heterocycles. The number of rotatable bonds is 8. The minimum absolute atomic E-state index is 0.0280. The van der Waals surface area contributed by atoms with Crippen molar-refractivity contribution < 1.29 is 18.7 Å². The van der Waals surface area contributed by atoms with Crippen LogP contribution in [0.5, 0.6) is 0 Å². The molecule has 0 atom stereocenters. The summed E-state index contributed by atoms with van der Waals surface area (Å²) in [7, 11) is 0. The van der Waals surface area contributed by atoms with Crippen LogP contribution in [0, 0.1) is 12.7 Å². The number of halogens is 1. The molecule has 45 heavy (non-hydrogen) atoms. The number of benzene rings is 1. The van der Waals surface area contributed by atoms with E-state index in [1.807, 2.05) is 47.1 Å². The van der Waals surface area contributed by atoms with Crippen molar-refractivity contribution in [3.63, 3.8) is 0 Å². The number of piperidine rings is 1. The Hall–Kier alpha value is -4.07. The molecule has 234 valence electrons. The molecule has 5 heterocycles. The maximum atomic E-state index is 15.7. The van der Waals surface area contributed by atoms with Gasteiger partial charge in [-0.05, 0) is 49.1 Å². The summed E-state index contributed by atoms with van der Waals surface area (Å²) in [6, 6.07) is 15.4. The largest absolute Gasteiger partial charge is 0.378 e. The molecule has 0 bridgehead atoms. The van der Waals surface area contributed by atoms with E-state index in [4.69, 9.17) is 4.74 Å². The highest BCUT2D eigenvalue weighted by molar-refractivity contribution is 8.01. The van der Waals surface area contributed by atoms with Crippen molar-refractivity contribution >= 4 is 46.0 Å². The topological polar surface area (TPSA) is 113 Å². The SMILES string of the molecule is Cc1ccnc(Nc2ncc(Sc3ccnc(C(=O)NCC4(c5ccccc5)CCN(C(=O)N5CCOCC5)CC4)c3F)s2)c1. The third kappa shape index (κ3) is 7.26. The van der Waals surface area contributed by atoms with Gasteiger partial charge in [0.15, 0.2) is 16.6 Å². The molecule has 1 aromatic carbocycles. The lowest BCUT2D eigenvalue weighted by molar-refractivity contribution is 0.0388. The summed E-state index contributed by atoms with van der Waals surface area (Å²) in [6.45, 7) is 5.70. The first-order valence-corrected chi connectivity index (χ1v) is 16.5. The van der Waals surface area contributed by atoms with Crippen LogP contribution < -0.4 is 10.6 Å². The minimum Gasteiger partial charge on any atom is -0.378 e. The number of carbonyl (C=O) groups excluding carboxylic acids is 2. The summed E-state index contributed by atoms with van der Waals surface area (Å²) in [5.41, 5.74) is 1.49. The average molecular weight is 648 g/mol. The Bertz CT molecular complexity index is 1640. The van der Waals surface area contributed by atoms with Gasteiger partial charge in [0.1, 0.15) is 5.82 Å². The van der Waals surface area contributed by atoms with Crippen LogP contribution in [0.2, 0.25) is 0 Å². The van der Waals surface area contributed by atoms with Gasteiger partial charge in [-0.2, -0.15) is 0 Å². The molecule has 3 amide bonds. The highest BCUT2D eigenvalue weighted by atomic mass is 32.2. The number of nitrogens with one attached hydrogen (secondary N) is 2. The van der Waals surface area contributed by atoms with E-state index in [0.29, 0.717) is 69.7 Å². The maximum absolute atomic E-state index is 15.7. The van der Waals surface area contributed by atoms with Crippen LogP contribution in [-0.4, -0.2) is 82.6 Å². The first-order chi connectivity index (χ1) is 21.9. The second-order valence-electron chi connectivity index (χ2n) is 11.1. The fourth-order valence-corrected chi connectivity index (χ4v) is 7.49. The van der Waals surface area contributed by atoms with Gasteiger partial charge in [-0.3, -0.25) is 4.79 Å². The molecule has 2 aliphatic heterocycles. The lowest BCUT2D eigenvalue weighted by Crippen LogP contribution is -2.54. The molecular formula is C32H34FN7O3S2. The van der Waals surface area contributed by atoms with Crippen molar-refractivity contribution in [2.45, 2.75) is 34.3 Å². The molecule has 0 unspecified atom stereocenters. The molecule has 4 aromatic rings. The number of urea groups is 1. The van der Waals surface area contributed by atoms with E-state index in [2.05, 4.69) is 37.7 Å². The van der Waals surface area contributed by atoms with Crippen molar-refractivity contribution in [1.29, 1.82) is 0 Å². The number of carbonyl (C=O) groups is 2. The van der Waals surface area contributed by atoms with E-state index in [0.717, 1.165) is 15.3 Å². The zero-order chi connectivity index (χ0) is 31.2. The normalized spacial score (nSPS) is 16.3. The Morgan fingerprint density at radius 3 is 2.49 bits per heavy atom. The molecule has 3 aromatic heterocycles. The highest BCUT2D eigenvalue weighted by Crippen LogP contribution is 2.37. The fourth-order valence-electron chi connectivity index (χ4n) is 5.62. The number of anilines is 2. The predicted octanol–water partition coefficient (Wildman–Crippen LogP) is 5.49. The molecule has 13 heteroatoms. The molecule has 0 radical (unpaired) electrons. The molecule has 2 aliphatic rings. The van der Waals surface area contributed by atoms with E-state index < -0.39 is 17.1 Å². The van der Waals surface area contributed by atoms with Crippen LogP contribution in [0.4, 0.5) is 20.1 Å². The van der Waals surface area contributed by atoms with Gasteiger partial charge in [-0.15, -0.1) is 0 Å². The van der Waals surface area contributed by atoms with Gasteiger partial charge in [-0.25, -0.2) is 24.1 Å². The quantitative estimate of drug-likeness (QED) is 0.258. The van der Waals surface area contributed by atoms with E-state index in [1.165, 1.54) is 29.3 Å². The number of thiazole rings is 1. The first-order valence-electron chi connectivity index (χ1n) is 14.8. The van der Waals surface area contributed by atoms with Gasteiger partial charge in [0.2, 0.25) is 0 Å². The van der Waals surface area contributed by atoms with Crippen LogP contribution in [0.15, 0.2) is 76.2 Å². The summed E-state index contributed by atoms with van der Waals surface area (Å²) in [5, 5.41) is 6.78. The second kappa shape index (κ2) is 13.9. The third-order valence-corrected chi connectivity index (χ3v) is 10.2. The van der Waals surface area contributed by atoms with Gasteiger partial charge in [0.25, 0.3) is 5.91 Å². The Kier molecular flexibility index (Phi) is 9.57. The Balaban J connectivity index is 1.12. The zero-order valence-corrected chi connectivity index (χ0v) is 26.5. The Morgan fingerprint density at radius 1 is 1.00 bits per heavy atom. The van der Waals surface area contributed by atoms with Gasteiger partial charge >= 0.3 is 6.03 Å². The number of hydrogen-bond donors (Lipinski definition) is 2. The van der Waals surface area contributed by atoms with Crippen LogP contribution in [-0.2, 0) is 10.2 Å². The van der Waals surface area contributed by atoms with Crippen LogP contribution in [0.25, 0.3) is 0 Å². The zero-order valence-electron chi connectivity index (χ0n) is 24.9. The highest BCUT2D eigenvalue weighted by Gasteiger charge is 2.39. The fraction of sp³-hybridized carbons (Fsp3) is 0.344. The van der Waals surface area contributed by atoms with E-state index in [-0.39, 0.29) is 16.6 Å². The monoisotopic (exact) mass is 647 g/mol.